The number of hydrogen-bond donors (Lipinski definition) is 3. The number of benzene rings is 2. The third kappa shape index (κ3) is 6.65. The fraction of sp³-hybridized carbons (Fsp3) is 0.467. The Kier molecular flexibility index (Phi) is 8.70. The minimum atomic E-state index is -0.860. The first-order valence-electron chi connectivity index (χ1n) is 13.6. The lowest BCUT2D eigenvalue weighted by atomic mass is 10.00. The Labute approximate surface area is 229 Å². The minimum absolute atomic E-state index is 0.196. The van der Waals surface area contributed by atoms with Gasteiger partial charge in [0.05, 0.1) is 5.92 Å². The second-order valence-electron chi connectivity index (χ2n) is 10.9. The molecule has 0 aliphatic carbocycles. The molecule has 0 saturated carbocycles. The van der Waals surface area contributed by atoms with Crippen molar-refractivity contribution in [3.05, 3.63) is 53.6 Å². The number of carbonyl (C=O) groups excluding carboxylic acids is 4. The Morgan fingerprint density at radius 2 is 1.67 bits per heavy atom. The summed E-state index contributed by atoms with van der Waals surface area (Å²) in [5, 5.41) is 8.99. The van der Waals surface area contributed by atoms with Gasteiger partial charge in [0.1, 0.15) is 24.2 Å². The van der Waals surface area contributed by atoms with Crippen molar-refractivity contribution in [2.45, 2.75) is 71.7 Å². The fourth-order valence-corrected chi connectivity index (χ4v) is 4.84. The van der Waals surface area contributed by atoms with Crippen LogP contribution in [0.25, 0.3) is 16.8 Å². The summed E-state index contributed by atoms with van der Waals surface area (Å²) >= 11 is 0. The largest absolute Gasteiger partial charge is 0.457 e. The Morgan fingerprint density at radius 3 is 2.41 bits per heavy atom. The van der Waals surface area contributed by atoms with Gasteiger partial charge in [-0.05, 0) is 66.6 Å². The molecule has 9 heteroatoms. The van der Waals surface area contributed by atoms with Gasteiger partial charge in [0.2, 0.25) is 11.8 Å². The summed E-state index contributed by atoms with van der Waals surface area (Å²) in [7, 11) is 0. The molecule has 5 bridgehead atoms. The number of hydrogen-bond acceptors (Lipinski definition) is 6. The maximum atomic E-state index is 13.2. The van der Waals surface area contributed by atoms with E-state index < -0.39 is 42.0 Å². The predicted octanol–water partition coefficient (Wildman–Crippen LogP) is 3.25. The first kappa shape index (κ1) is 28.3. The maximum absolute atomic E-state index is 13.2. The second kappa shape index (κ2) is 12.0. The summed E-state index contributed by atoms with van der Waals surface area (Å²) in [6.45, 7) is 9.27. The molecule has 2 aliphatic rings. The van der Waals surface area contributed by atoms with E-state index in [4.69, 9.17) is 4.74 Å². The van der Waals surface area contributed by atoms with Gasteiger partial charge < -0.3 is 15.4 Å². The molecule has 2 aromatic rings. The van der Waals surface area contributed by atoms with Crippen LogP contribution in [0.2, 0.25) is 0 Å². The van der Waals surface area contributed by atoms with Crippen LogP contribution in [0.15, 0.2) is 42.5 Å². The minimum Gasteiger partial charge on any atom is -0.457 e. The molecule has 3 N–H and O–H groups in total. The molecule has 39 heavy (non-hydrogen) atoms. The lowest BCUT2D eigenvalue weighted by molar-refractivity contribution is -0.157. The van der Waals surface area contributed by atoms with Crippen LogP contribution in [0.4, 0.5) is 0 Å². The van der Waals surface area contributed by atoms with Crippen LogP contribution >= 0.6 is 0 Å². The zero-order valence-corrected chi connectivity index (χ0v) is 23.2. The predicted molar refractivity (Wildman–Crippen MR) is 149 cm³/mol. The highest BCUT2D eigenvalue weighted by atomic mass is 16.5. The molecule has 0 spiro atoms. The van der Waals surface area contributed by atoms with E-state index in [-0.39, 0.29) is 17.7 Å². The van der Waals surface area contributed by atoms with Crippen molar-refractivity contribution in [3.63, 3.8) is 0 Å². The molecule has 208 valence electrons. The van der Waals surface area contributed by atoms with Crippen molar-refractivity contribution in [2.75, 3.05) is 6.54 Å². The van der Waals surface area contributed by atoms with Crippen LogP contribution in [0.1, 0.15) is 64.7 Å². The molecule has 4 rings (SSSR count). The van der Waals surface area contributed by atoms with E-state index >= 15 is 0 Å². The first-order chi connectivity index (χ1) is 18.5. The number of rotatable bonds is 1. The number of ether oxygens (including phenoxy) is 1. The second-order valence-corrected chi connectivity index (χ2v) is 10.9. The van der Waals surface area contributed by atoms with Crippen molar-refractivity contribution in [1.29, 1.82) is 0 Å². The molecule has 2 aromatic carbocycles. The van der Waals surface area contributed by atoms with Crippen molar-refractivity contribution in [1.82, 2.24) is 21.1 Å². The normalized spacial score (nSPS) is 28.2. The van der Waals surface area contributed by atoms with E-state index in [0.29, 0.717) is 19.4 Å². The van der Waals surface area contributed by atoms with E-state index in [1.54, 1.807) is 19.9 Å². The summed E-state index contributed by atoms with van der Waals surface area (Å²) in [6, 6.07) is 9.59. The quantitative estimate of drug-likeness (QED) is 0.484. The Morgan fingerprint density at radius 1 is 0.923 bits per heavy atom. The van der Waals surface area contributed by atoms with Crippen LogP contribution in [0.3, 0.4) is 0 Å². The number of amides is 3. The first-order valence-corrected chi connectivity index (χ1v) is 13.6. The molecular weight excluding hydrogens is 496 g/mol. The highest BCUT2D eigenvalue weighted by Crippen LogP contribution is 2.25. The molecule has 0 unspecified atom stereocenters. The topological polar surface area (TPSA) is 117 Å². The highest BCUT2D eigenvalue weighted by Gasteiger charge is 2.34. The average Bonchev–Trinajstić information content (AvgIpc) is 2.92. The van der Waals surface area contributed by atoms with E-state index in [1.165, 1.54) is 5.01 Å². The van der Waals surface area contributed by atoms with Crippen molar-refractivity contribution in [3.8, 4) is 0 Å². The number of nitrogens with one attached hydrogen (secondary N) is 3. The molecule has 1 fully saturated rings. The smallest absolute Gasteiger partial charge is 0.325 e. The highest BCUT2D eigenvalue weighted by molar-refractivity contribution is 5.93. The van der Waals surface area contributed by atoms with Crippen molar-refractivity contribution < 1.29 is 23.9 Å². The van der Waals surface area contributed by atoms with Gasteiger partial charge in [-0.1, -0.05) is 57.2 Å². The Balaban J connectivity index is 1.67. The lowest BCUT2D eigenvalue weighted by Crippen LogP contribution is -2.61. The summed E-state index contributed by atoms with van der Waals surface area (Å²) in [6.07, 6.45) is 4.34. The van der Waals surface area contributed by atoms with Crippen LogP contribution in [-0.4, -0.2) is 53.4 Å². The summed E-state index contributed by atoms with van der Waals surface area (Å²) in [5.41, 5.74) is 4.77. The van der Waals surface area contributed by atoms with Gasteiger partial charge in [-0.25, -0.2) is 5.43 Å². The molecule has 2 aliphatic heterocycles. The summed E-state index contributed by atoms with van der Waals surface area (Å²) < 4.78 is 5.80. The van der Waals surface area contributed by atoms with Crippen LogP contribution in [0.5, 0.6) is 0 Å². The molecule has 9 nitrogen and oxygen atoms in total. The summed E-state index contributed by atoms with van der Waals surface area (Å²) in [4.78, 5) is 52.3. The van der Waals surface area contributed by atoms with Crippen molar-refractivity contribution in [2.24, 2.45) is 11.8 Å². The fourth-order valence-electron chi connectivity index (χ4n) is 4.84. The number of esters is 1. The zero-order chi connectivity index (χ0) is 28.3. The Hall–Kier alpha value is -3.72. The van der Waals surface area contributed by atoms with Gasteiger partial charge in [-0.15, -0.1) is 0 Å². The van der Waals surface area contributed by atoms with Gasteiger partial charge in [0.25, 0.3) is 5.91 Å². The van der Waals surface area contributed by atoms with Crippen LogP contribution < -0.4 is 16.1 Å². The maximum Gasteiger partial charge on any atom is 0.325 e. The number of carbonyl (C=O) groups is 4. The third-order valence-corrected chi connectivity index (χ3v) is 7.35. The molecule has 5 atom stereocenters. The van der Waals surface area contributed by atoms with Crippen molar-refractivity contribution >= 4 is 40.5 Å². The van der Waals surface area contributed by atoms with E-state index in [9.17, 15) is 19.2 Å². The lowest BCUT2D eigenvalue weighted by Gasteiger charge is -2.35. The van der Waals surface area contributed by atoms with Gasteiger partial charge in [0, 0.05) is 6.54 Å². The summed E-state index contributed by atoms with van der Waals surface area (Å²) in [5.74, 6) is -2.20. The van der Waals surface area contributed by atoms with Gasteiger partial charge >= 0.3 is 5.97 Å². The van der Waals surface area contributed by atoms with Gasteiger partial charge in [-0.2, -0.15) is 0 Å². The third-order valence-electron chi connectivity index (χ3n) is 7.35. The molecule has 0 aromatic heterocycles. The number of fused-ring (bicyclic) bond motifs is 4. The Bertz CT molecular complexity index is 1290. The molecule has 3 amide bonds. The van der Waals surface area contributed by atoms with Gasteiger partial charge in [0.15, 0.2) is 0 Å². The molecular formula is C30H38N4O5. The van der Waals surface area contributed by atoms with E-state index in [2.05, 4.69) is 16.1 Å². The number of cyclic esters (lactones) is 1. The standard InChI is InChI=1S/C30H38N4O5/c1-17(2)26-28(36)31-19(4)29(37)34-14-6-7-25(33-34)30(38)39-20(5)23-13-12-22-11-10-21(15-24(22)16-23)9-8-18(3)27(35)32-26/h8-13,15-20,25-26,33H,6-7,14H2,1-5H3,(H,31,36)(H,32,35)/b9-8+/t18-,19+,20-,25+,26+/m1/s1. The number of hydrazine groups is 1. The van der Waals surface area contributed by atoms with Gasteiger partial charge in [-0.3, -0.25) is 24.2 Å². The van der Waals surface area contributed by atoms with Crippen LogP contribution in [-0.2, 0) is 23.9 Å². The molecule has 0 radical (unpaired) electrons. The molecule has 1 saturated heterocycles. The van der Waals surface area contributed by atoms with E-state index in [0.717, 1.165) is 21.9 Å². The van der Waals surface area contributed by atoms with Crippen LogP contribution in [0, 0.1) is 11.8 Å². The molecule has 2 heterocycles. The monoisotopic (exact) mass is 534 g/mol. The zero-order valence-electron chi connectivity index (χ0n) is 23.2. The SMILES string of the molecule is CC(C)[C@@H]1NC(=O)[C@H](C)/C=C/c2ccc3ccc(cc3c2)[C@@H](C)OC(=O)[C@@H]2CCCN(N2)C(=O)[C@H](C)NC1=O. The average molecular weight is 535 g/mol. The van der Waals surface area contributed by atoms with E-state index in [1.807, 2.05) is 63.2 Å². The number of nitrogens with zero attached hydrogens (tertiary/aromatic N) is 1.